The smallest absolute Gasteiger partial charge is 0.283 e. The maximum absolute atomic E-state index is 13.1. The summed E-state index contributed by atoms with van der Waals surface area (Å²) in [5, 5.41) is 2.95. The third-order valence-corrected chi connectivity index (χ3v) is 6.73. The molecule has 172 valence electrons. The van der Waals surface area contributed by atoms with Crippen molar-refractivity contribution in [2.75, 3.05) is 37.4 Å². The summed E-state index contributed by atoms with van der Waals surface area (Å²) in [4.78, 5) is 43.7. The molecule has 0 aliphatic carbocycles. The summed E-state index contributed by atoms with van der Waals surface area (Å²) < 4.78 is 0. The van der Waals surface area contributed by atoms with Gasteiger partial charge in [-0.3, -0.25) is 14.4 Å². The van der Waals surface area contributed by atoms with E-state index >= 15 is 0 Å². The molecule has 4 rings (SSSR count). The average Bonchev–Trinajstić information content (AvgIpc) is 3.02. The van der Waals surface area contributed by atoms with Gasteiger partial charge < -0.3 is 15.1 Å². The molecule has 2 heterocycles. The van der Waals surface area contributed by atoms with Crippen molar-refractivity contribution in [2.45, 2.75) is 18.9 Å². The van der Waals surface area contributed by atoms with Crippen LogP contribution in [0.2, 0.25) is 5.02 Å². The summed E-state index contributed by atoms with van der Waals surface area (Å²) in [6.07, 6.45) is 1.85. The number of halogens is 2. The SMILES string of the molecule is CN1CCC(N(C)C(=O)c2cccc(NC3=C(Cl)C(=O)N(c4ccccc4Cl)C3=O)c2)CC1. The Kier molecular flexibility index (Phi) is 6.74. The first-order chi connectivity index (χ1) is 15.8. The van der Waals surface area contributed by atoms with E-state index in [0.717, 1.165) is 30.8 Å². The summed E-state index contributed by atoms with van der Waals surface area (Å²) in [5.74, 6) is -1.37. The monoisotopic (exact) mass is 486 g/mol. The van der Waals surface area contributed by atoms with Crippen molar-refractivity contribution in [3.05, 3.63) is 69.8 Å². The molecular weight excluding hydrogens is 463 g/mol. The largest absolute Gasteiger partial charge is 0.350 e. The number of nitrogens with zero attached hydrogens (tertiary/aromatic N) is 3. The first-order valence-corrected chi connectivity index (χ1v) is 11.4. The minimum absolute atomic E-state index is 0.0603. The Labute approximate surface area is 202 Å². The second-order valence-electron chi connectivity index (χ2n) is 8.24. The van der Waals surface area contributed by atoms with Gasteiger partial charge in [0.1, 0.15) is 10.7 Å². The lowest BCUT2D eigenvalue weighted by Crippen LogP contribution is -2.44. The molecule has 7 nitrogen and oxygen atoms in total. The molecule has 1 N–H and O–H groups in total. The van der Waals surface area contributed by atoms with Crippen LogP contribution < -0.4 is 10.2 Å². The molecule has 0 saturated carbocycles. The van der Waals surface area contributed by atoms with Crippen LogP contribution in [0.1, 0.15) is 23.2 Å². The van der Waals surface area contributed by atoms with Crippen molar-refractivity contribution in [3.8, 4) is 0 Å². The van der Waals surface area contributed by atoms with E-state index < -0.39 is 11.8 Å². The van der Waals surface area contributed by atoms with E-state index in [1.165, 1.54) is 0 Å². The predicted octanol–water partition coefficient (Wildman–Crippen LogP) is 3.94. The summed E-state index contributed by atoms with van der Waals surface area (Å²) in [6, 6.07) is 13.5. The number of anilines is 2. The van der Waals surface area contributed by atoms with E-state index in [9.17, 15) is 14.4 Å². The van der Waals surface area contributed by atoms with E-state index in [1.807, 2.05) is 7.05 Å². The van der Waals surface area contributed by atoms with Gasteiger partial charge in [0.15, 0.2) is 0 Å². The number of hydrogen-bond donors (Lipinski definition) is 1. The number of nitrogens with one attached hydrogen (secondary N) is 1. The van der Waals surface area contributed by atoms with E-state index in [1.54, 1.807) is 53.4 Å². The molecular formula is C24H24Cl2N4O3. The summed E-state index contributed by atoms with van der Waals surface area (Å²) in [6.45, 7) is 1.91. The van der Waals surface area contributed by atoms with Crippen LogP contribution in [0.15, 0.2) is 59.3 Å². The van der Waals surface area contributed by atoms with Crippen molar-refractivity contribution in [1.29, 1.82) is 0 Å². The minimum atomic E-state index is -0.661. The molecule has 1 fully saturated rings. The van der Waals surface area contributed by atoms with Gasteiger partial charge in [0, 0.05) is 24.3 Å². The van der Waals surface area contributed by atoms with Crippen LogP contribution in [-0.4, -0.2) is 60.7 Å². The van der Waals surface area contributed by atoms with Crippen molar-refractivity contribution < 1.29 is 14.4 Å². The zero-order chi connectivity index (χ0) is 23.7. The fourth-order valence-electron chi connectivity index (χ4n) is 4.09. The number of imide groups is 1. The first kappa shape index (κ1) is 23.3. The van der Waals surface area contributed by atoms with E-state index in [2.05, 4.69) is 17.3 Å². The third kappa shape index (κ3) is 4.62. The molecule has 3 amide bonds. The molecule has 0 aromatic heterocycles. The van der Waals surface area contributed by atoms with Gasteiger partial charge in [-0.2, -0.15) is 0 Å². The molecule has 2 aromatic rings. The minimum Gasteiger partial charge on any atom is -0.350 e. The molecule has 0 atom stereocenters. The Bertz CT molecular complexity index is 1140. The Hall–Kier alpha value is -2.87. The van der Waals surface area contributed by atoms with Crippen LogP contribution in [0.3, 0.4) is 0 Å². The highest BCUT2D eigenvalue weighted by Crippen LogP contribution is 2.34. The van der Waals surface area contributed by atoms with Gasteiger partial charge in [0.25, 0.3) is 17.7 Å². The van der Waals surface area contributed by atoms with E-state index in [0.29, 0.717) is 11.3 Å². The van der Waals surface area contributed by atoms with Crippen LogP contribution in [0.4, 0.5) is 11.4 Å². The molecule has 2 aliphatic rings. The molecule has 0 unspecified atom stereocenters. The van der Waals surface area contributed by atoms with Gasteiger partial charge in [0.05, 0.1) is 10.7 Å². The average molecular weight is 487 g/mol. The van der Waals surface area contributed by atoms with E-state index in [-0.39, 0.29) is 33.4 Å². The first-order valence-electron chi connectivity index (χ1n) is 10.6. The molecule has 0 radical (unpaired) electrons. The fraction of sp³-hybridized carbons (Fsp3) is 0.292. The number of carbonyl (C=O) groups is 3. The van der Waals surface area contributed by atoms with Crippen molar-refractivity contribution in [1.82, 2.24) is 9.80 Å². The molecule has 33 heavy (non-hydrogen) atoms. The summed E-state index contributed by atoms with van der Waals surface area (Å²) >= 11 is 12.4. The van der Waals surface area contributed by atoms with Crippen molar-refractivity contribution in [2.24, 2.45) is 0 Å². The number of amides is 3. The number of likely N-dealkylation sites (tertiary alicyclic amines) is 1. The second-order valence-corrected chi connectivity index (χ2v) is 9.03. The maximum atomic E-state index is 13.1. The number of rotatable bonds is 5. The van der Waals surface area contributed by atoms with Crippen LogP contribution in [0.5, 0.6) is 0 Å². The maximum Gasteiger partial charge on any atom is 0.283 e. The quantitative estimate of drug-likeness (QED) is 0.647. The van der Waals surface area contributed by atoms with Crippen LogP contribution >= 0.6 is 23.2 Å². The van der Waals surface area contributed by atoms with Gasteiger partial charge in [-0.05, 0) is 63.3 Å². The Morgan fingerprint density at radius 3 is 2.42 bits per heavy atom. The lowest BCUT2D eigenvalue weighted by Gasteiger charge is -2.35. The highest BCUT2D eigenvalue weighted by molar-refractivity contribution is 6.53. The highest BCUT2D eigenvalue weighted by atomic mass is 35.5. The highest BCUT2D eigenvalue weighted by Gasteiger charge is 2.39. The lowest BCUT2D eigenvalue weighted by molar-refractivity contribution is -0.120. The second kappa shape index (κ2) is 9.55. The molecule has 1 saturated heterocycles. The predicted molar refractivity (Wildman–Crippen MR) is 130 cm³/mol. The third-order valence-electron chi connectivity index (χ3n) is 6.06. The molecule has 2 aromatic carbocycles. The molecule has 0 bridgehead atoms. The Morgan fingerprint density at radius 2 is 1.73 bits per heavy atom. The van der Waals surface area contributed by atoms with Gasteiger partial charge >= 0.3 is 0 Å². The number of hydrogen-bond acceptors (Lipinski definition) is 5. The van der Waals surface area contributed by atoms with E-state index in [4.69, 9.17) is 23.2 Å². The Balaban J connectivity index is 1.52. The zero-order valence-electron chi connectivity index (χ0n) is 18.3. The van der Waals surface area contributed by atoms with Gasteiger partial charge in [-0.15, -0.1) is 0 Å². The summed E-state index contributed by atoms with van der Waals surface area (Å²) in [5.41, 5.74) is 1.16. The molecule has 0 spiro atoms. The standard InChI is InChI=1S/C24H24Cl2N4O3/c1-28-12-10-17(11-13-28)29(2)22(31)15-6-5-7-16(14-15)27-21-20(26)23(32)30(24(21)33)19-9-4-3-8-18(19)25/h3-9,14,17,27H,10-13H2,1-2H3. The van der Waals surface area contributed by atoms with Crippen molar-refractivity contribution in [3.63, 3.8) is 0 Å². The van der Waals surface area contributed by atoms with Crippen LogP contribution in [0.25, 0.3) is 0 Å². The van der Waals surface area contributed by atoms with Crippen LogP contribution in [-0.2, 0) is 9.59 Å². The molecule has 2 aliphatic heterocycles. The zero-order valence-corrected chi connectivity index (χ0v) is 19.9. The van der Waals surface area contributed by atoms with Crippen molar-refractivity contribution >= 4 is 52.3 Å². The fourth-order valence-corrected chi connectivity index (χ4v) is 4.52. The summed E-state index contributed by atoms with van der Waals surface area (Å²) in [7, 11) is 3.90. The number of para-hydroxylation sites is 1. The Morgan fingerprint density at radius 1 is 1.03 bits per heavy atom. The van der Waals surface area contributed by atoms with Gasteiger partial charge in [-0.25, -0.2) is 4.90 Å². The van der Waals surface area contributed by atoms with Crippen LogP contribution in [0, 0.1) is 0 Å². The molecule has 9 heteroatoms. The van der Waals surface area contributed by atoms with Gasteiger partial charge in [0.2, 0.25) is 0 Å². The lowest BCUT2D eigenvalue weighted by atomic mass is 10.0. The number of benzene rings is 2. The number of carbonyl (C=O) groups excluding carboxylic acids is 3. The topological polar surface area (TPSA) is 73.0 Å². The van der Waals surface area contributed by atoms with Gasteiger partial charge in [-0.1, -0.05) is 41.4 Å². The number of piperidine rings is 1. The normalized spacial score (nSPS) is 17.6.